The Morgan fingerprint density at radius 2 is 1.93 bits per heavy atom. The molecule has 1 atom stereocenters. The topological polar surface area (TPSA) is 71.3 Å². The highest BCUT2D eigenvalue weighted by atomic mass is 35.5. The fourth-order valence-electron chi connectivity index (χ4n) is 2.69. The molecule has 0 aliphatic carbocycles. The maximum Gasteiger partial charge on any atom is 0.237 e. The van der Waals surface area contributed by atoms with Gasteiger partial charge < -0.3 is 14.8 Å². The molecule has 2 aromatic carbocycles. The second-order valence-electron chi connectivity index (χ2n) is 6.22. The van der Waals surface area contributed by atoms with Gasteiger partial charge in [0.25, 0.3) is 0 Å². The van der Waals surface area contributed by atoms with Crippen molar-refractivity contribution in [3.05, 3.63) is 58.1 Å². The predicted octanol–water partition coefficient (Wildman–Crippen LogP) is 4.19. The van der Waals surface area contributed by atoms with Crippen molar-refractivity contribution in [1.29, 1.82) is 5.26 Å². The molecule has 2 rings (SSSR count). The second kappa shape index (κ2) is 9.84. The first-order valence-electron chi connectivity index (χ1n) is 8.65. The Kier molecular flexibility index (Phi) is 7.51. The highest BCUT2D eigenvalue weighted by Crippen LogP contribution is 2.26. The summed E-state index contributed by atoms with van der Waals surface area (Å²) in [4.78, 5) is 12.3. The summed E-state index contributed by atoms with van der Waals surface area (Å²) in [6, 6.07) is 13.2. The minimum Gasteiger partial charge on any atom is -0.496 e. The Hall–Kier alpha value is -2.71. The first-order valence-corrected chi connectivity index (χ1v) is 9.02. The van der Waals surface area contributed by atoms with E-state index in [1.54, 1.807) is 7.11 Å². The van der Waals surface area contributed by atoms with Crippen LogP contribution >= 0.6 is 11.6 Å². The maximum absolute atomic E-state index is 12.3. The first-order chi connectivity index (χ1) is 13.0. The fraction of sp³-hybridized carbons (Fsp3) is 0.333. The van der Waals surface area contributed by atoms with Gasteiger partial charge in [-0.25, -0.2) is 0 Å². The molecule has 0 heterocycles. The van der Waals surface area contributed by atoms with Gasteiger partial charge in [-0.3, -0.25) is 4.79 Å². The van der Waals surface area contributed by atoms with Crippen molar-refractivity contribution < 1.29 is 14.3 Å². The molecule has 1 N–H and O–H groups in total. The average molecular weight is 387 g/mol. The van der Waals surface area contributed by atoms with Crippen molar-refractivity contribution in [1.82, 2.24) is 5.32 Å². The Morgan fingerprint density at radius 3 is 2.56 bits per heavy atom. The molecular weight excluding hydrogens is 364 g/mol. The van der Waals surface area contributed by atoms with Gasteiger partial charge in [-0.05, 0) is 43.2 Å². The van der Waals surface area contributed by atoms with Crippen molar-refractivity contribution in [2.45, 2.75) is 26.8 Å². The smallest absolute Gasteiger partial charge is 0.237 e. The van der Waals surface area contributed by atoms with Crippen LogP contribution in [0, 0.1) is 31.1 Å². The number of benzene rings is 2. The number of methoxy groups -OCH3 is 1. The van der Waals surface area contributed by atoms with E-state index >= 15 is 0 Å². The van der Waals surface area contributed by atoms with Crippen molar-refractivity contribution in [3.63, 3.8) is 0 Å². The average Bonchev–Trinajstić information content (AvgIpc) is 2.67. The standard InChI is InChI=1S/C21H23ClN2O3/c1-14-10-18(11-15(2)20(14)22)27-9-8-16(12-23)21(25)24-13-17-6-4-5-7-19(17)26-3/h4-7,10-11,16H,8-9,13H2,1-3H3,(H,24,25). The zero-order chi connectivity index (χ0) is 19.8. The third-order valence-corrected chi connectivity index (χ3v) is 4.80. The molecule has 0 fully saturated rings. The van der Waals surface area contributed by atoms with E-state index in [2.05, 4.69) is 5.32 Å². The Bertz CT molecular complexity index is 823. The van der Waals surface area contributed by atoms with Gasteiger partial charge in [-0.1, -0.05) is 29.8 Å². The van der Waals surface area contributed by atoms with Crippen LogP contribution in [0.3, 0.4) is 0 Å². The number of hydrogen-bond acceptors (Lipinski definition) is 4. The number of para-hydroxylation sites is 1. The Labute approximate surface area is 164 Å². The first kappa shape index (κ1) is 20.6. The van der Waals surface area contributed by atoms with Gasteiger partial charge in [-0.15, -0.1) is 0 Å². The van der Waals surface area contributed by atoms with Crippen LogP contribution < -0.4 is 14.8 Å². The van der Waals surface area contributed by atoms with Crippen LogP contribution in [0.15, 0.2) is 36.4 Å². The van der Waals surface area contributed by atoms with E-state index in [-0.39, 0.29) is 12.5 Å². The molecule has 0 spiro atoms. The van der Waals surface area contributed by atoms with Gasteiger partial charge in [-0.2, -0.15) is 5.26 Å². The summed E-state index contributed by atoms with van der Waals surface area (Å²) in [6.45, 7) is 4.38. The number of hydrogen-bond donors (Lipinski definition) is 1. The van der Waals surface area contributed by atoms with Crippen LogP contribution in [0.4, 0.5) is 0 Å². The van der Waals surface area contributed by atoms with Gasteiger partial charge in [0.1, 0.15) is 17.4 Å². The van der Waals surface area contributed by atoms with Crippen molar-refractivity contribution >= 4 is 17.5 Å². The van der Waals surface area contributed by atoms with E-state index < -0.39 is 5.92 Å². The zero-order valence-corrected chi connectivity index (χ0v) is 16.5. The second-order valence-corrected chi connectivity index (χ2v) is 6.60. The summed E-state index contributed by atoms with van der Waals surface area (Å²) >= 11 is 6.14. The third-order valence-electron chi connectivity index (χ3n) is 4.20. The number of nitriles is 1. The van der Waals surface area contributed by atoms with E-state index in [1.165, 1.54) is 0 Å². The fourth-order valence-corrected chi connectivity index (χ4v) is 2.80. The largest absolute Gasteiger partial charge is 0.496 e. The maximum atomic E-state index is 12.3. The lowest BCUT2D eigenvalue weighted by Crippen LogP contribution is -2.30. The number of carbonyl (C=O) groups excluding carboxylic acids is 1. The molecule has 1 amide bonds. The van der Waals surface area contributed by atoms with E-state index in [9.17, 15) is 10.1 Å². The molecule has 1 unspecified atom stereocenters. The number of carbonyl (C=O) groups is 1. The molecule has 0 aliphatic heterocycles. The van der Waals surface area contributed by atoms with Gasteiger partial charge in [0.2, 0.25) is 5.91 Å². The van der Waals surface area contributed by atoms with Crippen molar-refractivity contribution in [2.24, 2.45) is 5.92 Å². The Morgan fingerprint density at radius 1 is 1.26 bits per heavy atom. The molecule has 27 heavy (non-hydrogen) atoms. The summed E-state index contributed by atoms with van der Waals surface area (Å²) in [7, 11) is 1.58. The van der Waals surface area contributed by atoms with Crippen LogP contribution in [0.5, 0.6) is 11.5 Å². The number of aryl methyl sites for hydroxylation is 2. The highest BCUT2D eigenvalue weighted by Gasteiger charge is 2.18. The molecule has 6 heteroatoms. The molecular formula is C21H23ClN2O3. The number of rotatable bonds is 8. The molecule has 0 aromatic heterocycles. The van der Waals surface area contributed by atoms with E-state index in [0.29, 0.717) is 29.5 Å². The number of amides is 1. The monoisotopic (exact) mass is 386 g/mol. The number of nitrogens with one attached hydrogen (secondary N) is 1. The SMILES string of the molecule is COc1ccccc1CNC(=O)C(C#N)CCOc1cc(C)c(Cl)c(C)c1. The molecule has 0 radical (unpaired) electrons. The number of halogens is 1. The minimum atomic E-state index is -0.783. The summed E-state index contributed by atoms with van der Waals surface area (Å²) in [5.41, 5.74) is 2.71. The number of ether oxygens (including phenoxy) is 2. The molecule has 0 bridgehead atoms. The zero-order valence-electron chi connectivity index (χ0n) is 15.7. The van der Waals surface area contributed by atoms with Gasteiger partial charge in [0.15, 0.2) is 0 Å². The van der Waals surface area contributed by atoms with Crippen LogP contribution in [-0.4, -0.2) is 19.6 Å². The van der Waals surface area contributed by atoms with Crippen molar-refractivity contribution in [3.8, 4) is 17.6 Å². The summed E-state index contributed by atoms with van der Waals surface area (Å²) in [5, 5.41) is 12.8. The summed E-state index contributed by atoms with van der Waals surface area (Å²) < 4.78 is 11.0. The Balaban J connectivity index is 1.87. The van der Waals surface area contributed by atoms with E-state index in [4.69, 9.17) is 21.1 Å². The minimum absolute atomic E-state index is 0.265. The normalized spacial score (nSPS) is 11.4. The van der Waals surface area contributed by atoms with Crippen LogP contribution in [0.2, 0.25) is 5.02 Å². The lowest BCUT2D eigenvalue weighted by molar-refractivity contribution is -0.123. The summed E-state index contributed by atoms with van der Waals surface area (Å²) in [6.07, 6.45) is 0.301. The molecule has 142 valence electrons. The molecule has 0 saturated carbocycles. The third kappa shape index (κ3) is 5.63. The van der Waals surface area contributed by atoms with Gasteiger partial charge in [0, 0.05) is 23.6 Å². The van der Waals surface area contributed by atoms with Crippen LogP contribution in [0.1, 0.15) is 23.1 Å². The molecule has 0 saturated heterocycles. The van der Waals surface area contributed by atoms with E-state index in [1.807, 2.05) is 56.3 Å². The van der Waals surface area contributed by atoms with Gasteiger partial charge >= 0.3 is 0 Å². The van der Waals surface area contributed by atoms with E-state index in [0.717, 1.165) is 16.7 Å². The van der Waals surface area contributed by atoms with Gasteiger partial charge in [0.05, 0.1) is 19.8 Å². The number of nitrogens with zero attached hydrogens (tertiary/aromatic N) is 1. The lowest BCUT2D eigenvalue weighted by atomic mass is 10.1. The molecule has 2 aromatic rings. The van der Waals surface area contributed by atoms with Crippen LogP contribution in [0.25, 0.3) is 0 Å². The van der Waals surface area contributed by atoms with Crippen molar-refractivity contribution in [2.75, 3.05) is 13.7 Å². The quantitative estimate of drug-likeness (QED) is 0.738. The lowest BCUT2D eigenvalue weighted by Gasteiger charge is -2.13. The predicted molar refractivity (Wildman–Crippen MR) is 105 cm³/mol. The molecule has 0 aliphatic rings. The molecule has 5 nitrogen and oxygen atoms in total. The summed E-state index contributed by atoms with van der Waals surface area (Å²) in [5.74, 6) is 0.272. The highest BCUT2D eigenvalue weighted by molar-refractivity contribution is 6.32. The van der Waals surface area contributed by atoms with Crippen LogP contribution in [-0.2, 0) is 11.3 Å².